The molecule has 1 aromatic rings. The predicted octanol–water partition coefficient (Wildman–Crippen LogP) is 1.65. The monoisotopic (exact) mass is 355 g/mol. The normalized spacial score (nSPS) is 19.8. The molecule has 1 aromatic carbocycles. The van der Waals surface area contributed by atoms with Gasteiger partial charge in [-0.15, -0.1) is 12.4 Å². The molecule has 0 spiro atoms. The van der Waals surface area contributed by atoms with Crippen LogP contribution in [0.4, 0.5) is 5.69 Å². The Bertz CT molecular complexity index is 638. The van der Waals surface area contributed by atoms with Gasteiger partial charge in [0.2, 0.25) is 10.0 Å². The van der Waals surface area contributed by atoms with Gasteiger partial charge in [0, 0.05) is 37.8 Å². The highest BCUT2D eigenvalue weighted by atomic mass is 35.5. The van der Waals surface area contributed by atoms with Crippen molar-refractivity contribution in [1.82, 2.24) is 9.62 Å². The van der Waals surface area contributed by atoms with Crippen LogP contribution in [0, 0.1) is 10.1 Å². The maximum Gasteiger partial charge on any atom is 0.271 e. The van der Waals surface area contributed by atoms with Crippen molar-refractivity contribution in [2.24, 2.45) is 0 Å². The van der Waals surface area contributed by atoms with Crippen LogP contribution in [-0.2, 0) is 10.0 Å². The Kier molecular flexibility index (Phi) is 5.94. The maximum atomic E-state index is 12.5. The van der Waals surface area contributed by atoms with Crippen LogP contribution in [0.5, 0.6) is 0 Å². The fourth-order valence-corrected chi connectivity index (χ4v) is 4.11. The van der Waals surface area contributed by atoms with Gasteiger partial charge in [0.1, 0.15) is 4.90 Å². The fourth-order valence-electron chi connectivity index (χ4n) is 2.07. The van der Waals surface area contributed by atoms with Gasteiger partial charge < -0.3 is 5.32 Å². The summed E-state index contributed by atoms with van der Waals surface area (Å²) in [4.78, 5) is 9.92. The lowest BCUT2D eigenvalue weighted by Crippen LogP contribution is -2.51. The van der Waals surface area contributed by atoms with E-state index in [1.165, 1.54) is 10.4 Å². The molecule has 1 saturated heterocycles. The average molecular weight is 356 g/mol. The van der Waals surface area contributed by atoms with E-state index in [4.69, 9.17) is 11.6 Å². The van der Waals surface area contributed by atoms with Crippen LogP contribution in [0.1, 0.15) is 6.92 Å². The van der Waals surface area contributed by atoms with Crippen molar-refractivity contribution in [3.05, 3.63) is 33.3 Å². The molecule has 1 aliphatic heterocycles. The van der Waals surface area contributed by atoms with Gasteiger partial charge in [-0.05, 0) is 13.0 Å². The molecule has 1 N–H and O–H groups in total. The lowest BCUT2D eigenvalue weighted by atomic mass is 10.3. The zero-order valence-corrected chi connectivity index (χ0v) is 13.5. The van der Waals surface area contributed by atoms with E-state index in [-0.39, 0.29) is 34.1 Å². The Morgan fingerprint density at radius 1 is 1.48 bits per heavy atom. The summed E-state index contributed by atoms with van der Waals surface area (Å²) in [5.41, 5.74) is -0.234. The molecular weight excluding hydrogens is 341 g/mol. The molecule has 0 aliphatic carbocycles. The molecule has 1 fully saturated rings. The summed E-state index contributed by atoms with van der Waals surface area (Å²) in [7, 11) is -3.73. The van der Waals surface area contributed by atoms with E-state index < -0.39 is 14.9 Å². The molecule has 2 rings (SSSR count). The Balaban J connectivity index is 0.00000220. The molecule has 0 aromatic heterocycles. The third-order valence-electron chi connectivity index (χ3n) is 3.08. The molecule has 0 radical (unpaired) electrons. The predicted molar refractivity (Wildman–Crippen MR) is 81.6 cm³/mol. The van der Waals surface area contributed by atoms with Crippen molar-refractivity contribution in [1.29, 1.82) is 0 Å². The number of piperazine rings is 1. The second kappa shape index (κ2) is 6.89. The molecule has 10 heteroatoms. The zero-order valence-electron chi connectivity index (χ0n) is 11.2. The van der Waals surface area contributed by atoms with E-state index in [0.717, 1.165) is 12.1 Å². The highest BCUT2D eigenvalue weighted by molar-refractivity contribution is 7.89. The lowest BCUT2D eigenvalue weighted by Gasteiger charge is -2.31. The van der Waals surface area contributed by atoms with Crippen molar-refractivity contribution < 1.29 is 13.3 Å². The first-order chi connectivity index (χ1) is 9.32. The number of nitro benzene ring substituents is 1. The number of halogens is 2. The summed E-state index contributed by atoms with van der Waals surface area (Å²) in [5.74, 6) is 0. The number of hydrogen-bond acceptors (Lipinski definition) is 5. The number of benzene rings is 1. The molecule has 118 valence electrons. The standard InChI is InChI=1S/C11H14ClN3O4S.ClH/c1-8-7-14(5-4-13-8)20(18,19)11-3-2-9(15(16)17)6-10(11)12;/h2-3,6,8,13H,4-5,7H2,1H3;1H. The van der Waals surface area contributed by atoms with E-state index in [2.05, 4.69) is 5.32 Å². The first-order valence-electron chi connectivity index (χ1n) is 6.00. The largest absolute Gasteiger partial charge is 0.312 e. The Hall–Kier alpha value is -0.930. The third-order valence-corrected chi connectivity index (χ3v) is 5.42. The van der Waals surface area contributed by atoms with Crippen molar-refractivity contribution in [3.8, 4) is 0 Å². The summed E-state index contributed by atoms with van der Waals surface area (Å²) in [6.07, 6.45) is 0. The molecule has 1 heterocycles. The third kappa shape index (κ3) is 3.83. The molecule has 0 saturated carbocycles. The number of hydrogen-bond donors (Lipinski definition) is 1. The average Bonchev–Trinajstić information content (AvgIpc) is 2.38. The SMILES string of the molecule is CC1CN(S(=O)(=O)c2ccc([N+](=O)[O-])cc2Cl)CCN1.Cl. The second-order valence-electron chi connectivity index (χ2n) is 4.59. The summed E-state index contributed by atoms with van der Waals surface area (Å²) in [6, 6.07) is 3.43. The number of nitro groups is 1. The molecule has 0 amide bonds. The van der Waals surface area contributed by atoms with Crippen molar-refractivity contribution in [2.45, 2.75) is 17.9 Å². The van der Waals surface area contributed by atoms with Gasteiger partial charge in [0.15, 0.2) is 0 Å². The fraction of sp³-hybridized carbons (Fsp3) is 0.455. The number of rotatable bonds is 3. The van der Waals surface area contributed by atoms with Crippen molar-refractivity contribution >= 4 is 39.7 Å². The quantitative estimate of drug-likeness (QED) is 0.657. The summed E-state index contributed by atoms with van der Waals surface area (Å²) < 4.78 is 26.3. The number of nitrogens with zero attached hydrogens (tertiary/aromatic N) is 2. The van der Waals surface area contributed by atoms with Crippen LogP contribution in [-0.4, -0.2) is 43.3 Å². The van der Waals surface area contributed by atoms with Crippen molar-refractivity contribution in [2.75, 3.05) is 19.6 Å². The van der Waals surface area contributed by atoms with Crippen LogP contribution in [0.2, 0.25) is 5.02 Å². The highest BCUT2D eigenvalue weighted by Gasteiger charge is 2.30. The number of non-ortho nitro benzene ring substituents is 1. The maximum absolute atomic E-state index is 12.5. The Morgan fingerprint density at radius 2 is 2.14 bits per heavy atom. The van der Waals surface area contributed by atoms with Gasteiger partial charge in [-0.2, -0.15) is 4.31 Å². The van der Waals surface area contributed by atoms with Crippen molar-refractivity contribution in [3.63, 3.8) is 0 Å². The second-order valence-corrected chi connectivity index (χ2v) is 6.90. The molecule has 1 atom stereocenters. The Morgan fingerprint density at radius 3 is 2.67 bits per heavy atom. The van der Waals surface area contributed by atoms with E-state index in [9.17, 15) is 18.5 Å². The molecule has 1 unspecified atom stereocenters. The van der Waals surface area contributed by atoms with Crippen LogP contribution < -0.4 is 5.32 Å². The minimum absolute atomic E-state index is 0. The number of nitrogens with one attached hydrogen (secondary N) is 1. The van der Waals surface area contributed by atoms with Gasteiger partial charge >= 0.3 is 0 Å². The summed E-state index contributed by atoms with van der Waals surface area (Å²) >= 11 is 5.89. The Labute approximate surface area is 133 Å². The minimum atomic E-state index is -3.73. The van der Waals surface area contributed by atoms with Crippen LogP contribution in [0.15, 0.2) is 23.1 Å². The zero-order chi connectivity index (χ0) is 14.9. The van der Waals surface area contributed by atoms with Gasteiger partial charge in [0.05, 0.1) is 9.95 Å². The van der Waals surface area contributed by atoms with E-state index in [1.54, 1.807) is 0 Å². The molecule has 1 aliphatic rings. The molecule has 7 nitrogen and oxygen atoms in total. The lowest BCUT2D eigenvalue weighted by molar-refractivity contribution is -0.384. The van der Waals surface area contributed by atoms with Gasteiger partial charge in [-0.25, -0.2) is 8.42 Å². The van der Waals surface area contributed by atoms with E-state index in [0.29, 0.717) is 19.6 Å². The smallest absolute Gasteiger partial charge is 0.271 e. The first-order valence-corrected chi connectivity index (χ1v) is 7.81. The van der Waals surface area contributed by atoms with Gasteiger partial charge in [-0.3, -0.25) is 10.1 Å². The number of sulfonamides is 1. The van der Waals surface area contributed by atoms with Crippen LogP contribution >= 0.6 is 24.0 Å². The van der Waals surface area contributed by atoms with E-state index >= 15 is 0 Å². The van der Waals surface area contributed by atoms with E-state index in [1.807, 2.05) is 6.92 Å². The molecule has 21 heavy (non-hydrogen) atoms. The van der Waals surface area contributed by atoms with Crippen LogP contribution in [0.3, 0.4) is 0 Å². The summed E-state index contributed by atoms with van der Waals surface area (Å²) in [5, 5.41) is 13.6. The van der Waals surface area contributed by atoms with Crippen LogP contribution in [0.25, 0.3) is 0 Å². The minimum Gasteiger partial charge on any atom is -0.312 e. The summed E-state index contributed by atoms with van der Waals surface area (Å²) in [6.45, 7) is 3.14. The molecule has 0 bridgehead atoms. The topological polar surface area (TPSA) is 92.5 Å². The first kappa shape index (κ1) is 18.1. The van der Waals surface area contributed by atoms with Gasteiger partial charge in [-0.1, -0.05) is 11.6 Å². The molecular formula is C11H15Cl2N3O4S. The highest BCUT2D eigenvalue weighted by Crippen LogP contribution is 2.28. The van der Waals surface area contributed by atoms with Gasteiger partial charge in [0.25, 0.3) is 5.69 Å².